The van der Waals surface area contributed by atoms with Crippen LogP contribution in [0.1, 0.15) is 53.4 Å². The van der Waals surface area contributed by atoms with Crippen LogP contribution >= 0.6 is 0 Å². The number of ether oxygens (including phenoxy) is 1. The summed E-state index contributed by atoms with van der Waals surface area (Å²) in [5.41, 5.74) is 0.562. The quantitative estimate of drug-likeness (QED) is 0.857. The molecule has 0 radical (unpaired) electrons. The average molecular weight is 288 g/mol. The molecule has 21 heavy (non-hydrogen) atoms. The number of nitrogens with zero attached hydrogens (tertiary/aromatic N) is 1. The fraction of sp³-hybridized carbons (Fsp3) is 0.706. The van der Waals surface area contributed by atoms with Gasteiger partial charge in [0.2, 0.25) is 5.90 Å². The smallest absolute Gasteiger partial charge is 0.204 e. The van der Waals surface area contributed by atoms with Gasteiger partial charge < -0.3 is 4.74 Å². The van der Waals surface area contributed by atoms with Gasteiger partial charge in [-0.3, -0.25) is 10.2 Å². The lowest BCUT2D eigenvalue weighted by molar-refractivity contribution is -0.119. The van der Waals surface area contributed by atoms with E-state index in [0.717, 1.165) is 12.8 Å². The van der Waals surface area contributed by atoms with Gasteiger partial charge in [0.1, 0.15) is 11.7 Å². The van der Waals surface area contributed by atoms with Crippen LogP contribution in [0.25, 0.3) is 0 Å². The predicted molar refractivity (Wildman–Crippen MR) is 80.5 cm³/mol. The third-order valence-corrected chi connectivity index (χ3v) is 4.58. The van der Waals surface area contributed by atoms with Gasteiger partial charge >= 0.3 is 0 Å². The Morgan fingerprint density at radius 3 is 2.71 bits per heavy atom. The van der Waals surface area contributed by atoms with Crippen molar-refractivity contribution in [2.24, 2.45) is 23.2 Å². The summed E-state index contributed by atoms with van der Waals surface area (Å²) in [5, 5.41) is 17.5. The minimum atomic E-state index is -0.629. The van der Waals surface area contributed by atoms with Crippen LogP contribution in [-0.4, -0.2) is 11.7 Å². The van der Waals surface area contributed by atoms with Crippen molar-refractivity contribution in [1.82, 2.24) is 0 Å². The fourth-order valence-electron chi connectivity index (χ4n) is 3.65. The van der Waals surface area contributed by atoms with Gasteiger partial charge in [-0.1, -0.05) is 40.5 Å². The molecule has 1 aliphatic heterocycles. The number of carbonyl (C=O) groups is 1. The second kappa shape index (κ2) is 5.63. The van der Waals surface area contributed by atoms with Crippen molar-refractivity contribution in [2.75, 3.05) is 0 Å². The molecule has 0 bridgehead atoms. The Morgan fingerprint density at radius 2 is 2.14 bits per heavy atom. The molecule has 4 heteroatoms. The molecule has 114 valence electrons. The number of allylic oxidation sites excluding steroid dienone is 2. The molecular weight excluding hydrogens is 264 g/mol. The molecule has 0 saturated carbocycles. The maximum atomic E-state index is 12.6. The third kappa shape index (κ3) is 2.88. The Morgan fingerprint density at radius 1 is 1.48 bits per heavy atom. The fourth-order valence-corrected chi connectivity index (χ4v) is 3.65. The molecule has 4 nitrogen and oxygen atoms in total. The highest BCUT2D eigenvalue weighted by atomic mass is 16.5. The minimum absolute atomic E-state index is 0.00898. The van der Waals surface area contributed by atoms with Gasteiger partial charge in [-0.05, 0) is 11.3 Å². The zero-order valence-corrected chi connectivity index (χ0v) is 13.3. The first-order chi connectivity index (χ1) is 9.80. The van der Waals surface area contributed by atoms with Crippen LogP contribution in [0.4, 0.5) is 0 Å². The third-order valence-electron chi connectivity index (χ3n) is 4.58. The summed E-state index contributed by atoms with van der Waals surface area (Å²) in [6, 6.07) is 2.18. The number of carbonyl (C=O) groups excluding carboxylic acids is 1. The van der Waals surface area contributed by atoms with E-state index in [2.05, 4.69) is 19.9 Å². The van der Waals surface area contributed by atoms with E-state index in [1.54, 1.807) is 0 Å². The molecule has 0 fully saturated rings. The van der Waals surface area contributed by atoms with Crippen molar-refractivity contribution in [3.8, 4) is 6.07 Å². The van der Waals surface area contributed by atoms with Gasteiger partial charge in [0, 0.05) is 24.3 Å². The van der Waals surface area contributed by atoms with Crippen molar-refractivity contribution < 1.29 is 9.53 Å². The molecule has 1 aliphatic carbocycles. The number of rotatable bonds is 3. The first-order valence-corrected chi connectivity index (χ1v) is 7.73. The first-order valence-electron chi connectivity index (χ1n) is 7.73. The van der Waals surface area contributed by atoms with Crippen LogP contribution in [0.3, 0.4) is 0 Å². The number of nitriles is 1. The number of ketones is 1. The SMILES string of the molecule is CCCC(C)C1C2=C(CC(C)(C)CC2=O)OC(=N)C1C#N. The number of hydrogen-bond donors (Lipinski definition) is 1. The second-order valence-electron chi connectivity index (χ2n) is 7.14. The molecule has 0 amide bonds. The summed E-state index contributed by atoms with van der Waals surface area (Å²) >= 11 is 0. The van der Waals surface area contributed by atoms with Gasteiger partial charge in [0.05, 0.1) is 6.07 Å². The maximum Gasteiger partial charge on any atom is 0.204 e. The highest BCUT2D eigenvalue weighted by Crippen LogP contribution is 2.46. The van der Waals surface area contributed by atoms with Crippen LogP contribution in [0.15, 0.2) is 11.3 Å². The summed E-state index contributed by atoms with van der Waals surface area (Å²) in [6.45, 7) is 8.27. The normalized spacial score (nSPS) is 29.5. The monoisotopic (exact) mass is 288 g/mol. The Labute approximate surface area is 126 Å². The van der Waals surface area contributed by atoms with E-state index >= 15 is 0 Å². The Hall–Kier alpha value is -1.63. The predicted octanol–water partition coefficient (Wildman–Crippen LogP) is 3.83. The maximum absolute atomic E-state index is 12.6. The molecule has 0 aromatic heterocycles. The summed E-state index contributed by atoms with van der Waals surface area (Å²) in [7, 11) is 0. The van der Waals surface area contributed by atoms with Crippen LogP contribution < -0.4 is 0 Å². The zero-order chi connectivity index (χ0) is 15.8. The topological polar surface area (TPSA) is 73.9 Å². The van der Waals surface area contributed by atoms with Gasteiger partial charge in [-0.25, -0.2) is 0 Å². The molecule has 3 unspecified atom stereocenters. The van der Waals surface area contributed by atoms with Gasteiger partial charge in [0.15, 0.2) is 5.78 Å². The molecule has 0 aromatic rings. The van der Waals surface area contributed by atoms with E-state index in [-0.39, 0.29) is 28.9 Å². The molecule has 3 atom stereocenters. The highest BCUT2D eigenvalue weighted by molar-refractivity contribution is 6.00. The summed E-state index contributed by atoms with van der Waals surface area (Å²) in [4.78, 5) is 12.6. The van der Waals surface area contributed by atoms with Crippen LogP contribution in [0.5, 0.6) is 0 Å². The van der Waals surface area contributed by atoms with Crippen LogP contribution in [0.2, 0.25) is 0 Å². The van der Waals surface area contributed by atoms with Gasteiger partial charge in [0.25, 0.3) is 0 Å². The molecule has 1 N–H and O–H groups in total. The lowest BCUT2D eigenvalue weighted by Crippen LogP contribution is -2.41. The van der Waals surface area contributed by atoms with Crippen molar-refractivity contribution >= 4 is 11.7 Å². The van der Waals surface area contributed by atoms with Crippen molar-refractivity contribution in [2.45, 2.75) is 53.4 Å². The second-order valence-corrected chi connectivity index (χ2v) is 7.14. The summed E-state index contributed by atoms with van der Waals surface area (Å²) < 4.78 is 5.58. The summed E-state index contributed by atoms with van der Waals surface area (Å²) in [6.07, 6.45) is 3.12. The van der Waals surface area contributed by atoms with Gasteiger partial charge in [-0.2, -0.15) is 5.26 Å². The summed E-state index contributed by atoms with van der Waals surface area (Å²) in [5.74, 6) is 0.140. The van der Waals surface area contributed by atoms with E-state index in [1.807, 2.05) is 13.8 Å². The van der Waals surface area contributed by atoms with Crippen LogP contribution in [-0.2, 0) is 9.53 Å². The lowest BCUT2D eigenvalue weighted by atomic mass is 9.66. The van der Waals surface area contributed by atoms with Crippen LogP contribution in [0, 0.1) is 39.9 Å². The molecule has 0 spiro atoms. The largest absolute Gasteiger partial charge is 0.446 e. The Bertz CT molecular complexity index is 539. The average Bonchev–Trinajstić information content (AvgIpc) is 2.35. The van der Waals surface area contributed by atoms with E-state index in [0.29, 0.717) is 24.2 Å². The Balaban J connectivity index is 2.49. The number of Topliss-reactive ketones (excluding diaryl/α,β-unsaturated/α-hetero) is 1. The van der Waals surface area contributed by atoms with E-state index in [1.165, 1.54) is 0 Å². The minimum Gasteiger partial charge on any atom is -0.446 e. The Kier molecular flexibility index (Phi) is 4.22. The molecule has 1 heterocycles. The van der Waals surface area contributed by atoms with E-state index < -0.39 is 5.92 Å². The zero-order valence-electron chi connectivity index (χ0n) is 13.3. The first kappa shape index (κ1) is 15.8. The van der Waals surface area contributed by atoms with E-state index in [4.69, 9.17) is 10.1 Å². The standard InChI is InChI=1S/C17H24N2O2/c1-5-6-10(2)14-11(9-18)16(19)21-13-8-17(3,4)7-12(20)15(13)14/h10-11,14,19H,5-8H2,1-4H3. The molecular formula is C17H24N2O2. The number of hydrogen-bond acceptors (Lipinski definition) is 4. The molecule has 0 aromatic carbocycles. The molecule has 0 saturated heterocycles. The van der Waals surface area contributed by atoms with Crippen molar-refractivity contribution in [3.05, 3.63) is 11.3 Å². The van der Waals surface area contributed by atoms with Crippen molar-refractivity contribution in [1.29, 1.82) is 10.7 Å². The van der Waals surface area contributed by atoms with Gasteiger partial charge in [-0.15, -0.1) is 0 Å². The number of nitrogens with one attached hydrogen (secondary N) is 1. The highest BCUT2D eigenvalue weighted by Gasteiger charge is 2.46. The molecule has 2 rings (SSSR count). The molecule has 2 aliphatic rings. The van der Waals surface area contributed by atoms with E-state index in [9.17, 15) is 10.1 Å². The van der Waals surface area contributed by atoms with Crippen molar-refractivity contribution in [3.63, 3.8) is 0 Å². The lowest BCUT2D eigenvalue weighted by Gasteiger charge is -2.41.